The Kier molecular flexibility index (Phi) is 5.31. The second kappa shape index (κ2) is 8.06. The minimum atomic E-state index is -0.642. The maximum absolute atomic E-state index is 12.8. The number of rotatable bonds is 5. The van der Waals surface area contributed by atoms with Crippen LogP contribution in [0.15, 0.2) is 66.7 Å². The van der Waals surface area contributed by atoms with Crippen molar-refractivity contribution < 1.29 is 23.9 Å². The zero-order valence-electron chi connectivity index (χ0n) is 16.5. The second-order valence-corrected chi connectivity index (χ2v) is 7.58. The van der Waals surface area contributed by atoms with E-state index in [2.05, 4.69) is 0 Å². The number of amides is 2. The Morgan fingerprint density at radius 1 is 0.967 bits per heavy atom. The van der Waals surface area contributed by atoms with Gasteiger partial charge in [0, 0.05) is 5.56 Å². The first-order valence-electron chi connectivity index (χ1n) is 9.87. The van der Waals surface area contributed by atoms with Crippen LogP contribution in [0.2, 0.25) is 0 Å². The zero-order chi connectivity index (χ0) is 21.3. The number of carbonyl (C=O) groups excluding carboxylic acids is 4. The van der Waals surface area contributed by atoms with Crippen LogP contribution in [0.3, 0.4) is 0 Å². The number of hydrogen-bond acceptors (Lipinski definition) is 5. The topological polar surface area (TPSA) is 80.8 Å². The number of anilines is 1. The molecule has 0 bridgehead atoms. The molecular formula is C24H21NO5. The van der Waals surface area contributed by atoms with Gasteiger partial charge >= 0.3 is 5.97 Å². The molecule has 2 aromatic rings. The second-order valence-electron chi connectivity index (χ2n) is 7.58. The van der Waals surface area contributed by atoms with Gasteiger partial charge in [-0.25, -0.2) is 4.79 Å². The molecule has 6 heteroatoms. The molecular weight excluding hydrogens is 382 g/mol. The third-order valence-electron chi connectivity index (χ3n) is 5.66. The maximum atomic E-state index is 12.8. The van der Waals surface area contributed by atoms with Gasteiger partial charge in [-0.3, -0.25) is 19.3 Å². The van der Waals surface area contributed by atoms with Crippen LogP contribution in [0.4, 0.5) is 5.69 Å². The summed E-state index contributed by atoms with van der Waals surface area (Å²) in [5, 5.41) is 0. The number of Topliss-reactive ketones (excluding diaryl/α,β-unsaturated/α-hetero) is 1. The molecule has 30 heavy (non-hydrogen) atoms. The molecule has 1 fully saturated rings. The van der Waals surface area contributed by atoms with E-state index in [1.807, 2.05) is 19.1 Å². The van der Waals surface area contributed by atoms with E-state index in [1.54, 1.807) is 42.5 Å². The van der Waals surface area contributed by atoms with Gasteiger partial charge in [-0.15, -0.1) is 0 Å². The van der Waals surface area contributed by atoms with Crippen LogP contribution in [0.1, 0.15) is 34.1 Å². The van der Waals surface area contributed by atoms with E-state index in [-0.39, 0.29) is 47.5 Å². The van der Waals surface area contributed by atoms with E-state index in [1.165, 1.54) is 17.0 Å². The van der Waals surface area contributed by atoms with Crippen molar-refractivity contribution in [2.45, 2.75) is 13.3 Å². The highest BCUT2D eigenvalue weighted by Crippen LogP contribution is 2.40. The number of nitrogens with zero attached hydrogens (tertiary/aromatic N) is 1. The number of ketones is 1. The summed E-state index contributed by atoms with van der Waals surface area (Å²) in [6.07, 6.45) is 4.50. The predicted octanol–water partition coefficient (Wildman–Crippen LogP) is 3.43. The number of fused-ring (bicyclic) bond motifs is 1. The van der Waals surface area contributed by atoms with Gasteiger partial charge in [0.2, 0.25) is 11.8 Å². The molecule has 2 amide bonds. The Balaban J connectivity index is 1.43. The summed E-state index contributed by atoms with van der Waals surface area (Å²) in [4.78, 5) is 51.1. The fraction of sp³-hybridized carbons (Fsp3) is 0.250. The van der Waals surface area contributed by atoms with Crippen molar-refractivity contribution in [2.75, 3.05) is 11.5 Å². The Hall–Kier alpha value is -3.54. The number of esters is 1. The molecule has 0 saturated carbocycles. The highest BCUT2D eigenvalue weighted by molar-refractivity contribution is 6.22. The monoisotopic (exact) mass is 403 g/mol. The van der Waals surface area contributed by atoms with E-state index < -0.39 is 5.97 Å². The molecule has 1 aliphatic carbocycles. The summed E-state index contributed by atoms with van der Waals surface area (Å²) in [5.74, 6) is -1.99. The molecule has 0 unspecified atom stereocenters. The van der Waals surface area contributed by atoms with Crippen molar-refractivity contribution in [2.24, 2.45) is 17.8 Å². The molecule has 0 radical (unpaired) electrons. The van der Waals surface area contributed by atoms with Crippen molar-refractivity contribution in [1.29, 1.82) is 0 Å². The van der Waals surface area contributed by atoms with Crippen LogP contribution in [0.25, 0.3) is 0 Å². The molecule has 1 saturated heterocycles. The fourth-order valence-corrected chi connectivity index (χ4v) is 4.07. The average Bonchev–Trinajstić information content (AvgIpc) is 3.03. The molecule has 1 heterocycles. The fourth-order valence-electron chi connectivity index (χ4n) is 4.07. The molecule has 1 aliphatic heterocycles. The van der Waals surface area contributed by atoms with Crippen LogP contribution >= 0.6 is 0 Å². The Labute approximate surface area is 174 Å². The van der Waals surface area contributed by atoms with Crippen molar-refractivity contribution in [1.82, 2.24) is 0 Å². The third kappa shape index (κ3) is 3.56. The van der Waals surface area contributed by atoms with E-state index in [0.717, 1.165) is 0 Å². The molecule has 3 atom stereocenters. The normalized spacial score (nSPS) is 22.7. The van der Waals surface area contributed by atoms with Gasteiger partial charge in [-0.05, 0) is 36.6 Å². The van der Waals surface area contributed by atoms with Crippen LogP contribution in [0.5, 0.6) is 0 Å². The summed E-state index contributed by atoms with van der Waals surface area (Å²) in [6.45, 7) is 1.58. The summed E-state index contributed by atoms with van der Waals surface area (Å²) in [7, 11) is 0. The number of benzene rings is 2. The largest absolute Gasteiger partial charge is 0.454 e. The minimum Gasteiger partial charge on any atom is -0.454 e. The van der Waals surface area contributed by atoms with Gasteiger partial charge in [0.25, 0.3) is 0 Å². The Bertz CT molecular complexity index is 1030. The van der Waals surface area contributed by atoms with Gasteiger partial charge in [-0.2, -0.15) is 0 Å². The minimum absolute atomic E-state index is 0.0154. The van der Waals surface area contributed by atoms with E-state index in [4.69, 9.17) is 4.74 Å². The lowest BCUT2D eigenvalue weighted by atomic mass is 9.78. The van der Waals surface area contributed by atoms with Crippen LogP contribution in [-0.4, -0.2) is 30.2 Å². The smallest absolute Gasteiger partial charge is 0.338 e. The van der Waals surface area contributed by atoms with Crippen molar-refractivity contribution in [3.8, 4) is 0 Å². The van der Waals surface area contributed by atoms with Crippen molar-refractivity contribution in [3.63, 3.8) is 0 Å². The van der Waals surface area contributed by atoms with Crippen molar-refractivity contribution >= 4 is 29.3 Å². The first-order valence-corrected chi connectivity index (χ1v) is 9.87. The number of allylic oxidation sites excluding steroid dienone is 2. The van der Waals surface area contributed by atoms with Gasteiger partial charge in [0.15, 0.2) is 12.4 Å². The van der Waals surface area contributed by atoms with E-state index >= 15 is 0 Å². The molecule has 2 aliphatic rings. The Morgan fingerprint density at radius 2 is 1.67 bits per heavy atom. The van der Waals surface area contributed by atoms with Crippen molar-refractivity contribution in [3.05, 3.63) is 77.9 Å². The van der Waals surface area contributed by atoms with Crippen LogP contribution in [-0.2, 0) is 14.3 Å². The molecule has 6 nitrogen and oxygen atoms in total. The first-order chi connectivity index (χ1) is 14.5. The summed E-state index contributed by atoms with van der Waals surface area (Å²) < 4.78 is 5.10. The standard InChI is InChI=1S/C24H21NO5/c1-15-6-5-9-19-21(15)23(28)25(22(19)27)18-12-10-17(11-13-18)24(29)30-14-20(26)16-7-3-2-4-8-16/h2-8,10-13,15,19,21H,9,14H2,1H3/t15-,19-,21+/m1/s1. The number of carbonyl (C=O) groups is 4. The van der Waals surface area contributed by atoms with Gasteiger partial charge < -0.3 is 4.74 Å². The number of hydrogen-bond donors (Lipinski definition) is 0. The highest BCUT2D eigenvalue weighted by atomic mass is 16.5. The Morgan fingerprint density at radius 3 is 2.33 bits per heavy atom. The molecule has 0 N–H and O–H groups in total. The van der Waals surface area contributed by atoms with Gasteiger partial charge in [0.1, 0.15) is 0 Å². The van der Waals surface area contributed by atoms with Gasteiger partial charge in [0.05, 0.1) is 23.1 Å². The first kappa shape index (κ1) is 19.8. The predicted molar refractivity (Wildman–Crippen MR) is 110 cm³/mol. The lowest BCUT2D eigenvalue weighted by Gasteiger charge is -2.22. The van der Waals surface area contributed by atoms with Crippen LogP contribution in [0, 0.1) is 17.8 Å². The third-order valence-corrected chi connectivity index (χ3v) is 5.66. The average molecular weight is 403 g/mol. The quantitative estimate of drug-likeness (QED) is 0.331. The maximum Gasteiger partial charge on any atom is 0.338 e. The van der Waals surface area contributed by atoms with Gasteiger partial charge in [-0.1, -0.05) is 49.4 Å². The molecule has 0 spiro atoms. The molecule has 0 aromatic heterocycles. The summed E-state index contributed by atoms with van der Waals surface area (Å²) in [5.41, 5.74) is 1.14. The highest BCUT2D eigenvalue weighted by Gasteiger charge is 2.50. The zero-order valence-corrected chi connectivity index (χ0v) is 16.5. The van der Waals surface area contributed by atoms with E-state index in [9.17, 15) is 19.2 Å². The number of imide groups is 1. The summed E-state index contributed by atoms with van der Waals surface area (Å²) in [6, 6.07) is 14.7. The van der Waals surface area contributed by atoms with Crippen LogP contribution < -0.4 is 4.90 Å². The van der Waals surface area contributed by atoms with E-state index in [0.29, 0.717) is 17.7 Å². The molecule has 4 rings (SSSR count). The SMILES string of the molecule is C[C@@H]1C=CC[C@H]2C(=O)N(c3ccc(C(=O)OCC(=O)c4ccccc4)cc3)C(=O)[C@@H]12. The number of ether oxygens (including phenoxy) is 1. The molecule has 152 valence electrons. The summed E-state index contributed by atoms with van der Waals surface area (Å²) >= 11 is 0. The lowest BCUT2D eigenvalue weighted by molar-refractivity contribution is -0.122. The molecule has 2 aromatic carbocycles. The lowest BCUT2D eigenvalue weighted by Crippen LogP contribution is -2.31.